The average molecular weight is 431 g/mol. The van der Waals surface area contributed by atoms with Crippen LogP contribution in [0.2, 0.25) is 0 Å². The Labute approximate surface area is 171 Å². The zero-order chi connectivity index (χ0) is 22.5. The van der Waals surface area contributed by atoms with Crippen molar-refractivity contribution in [1.29, 1.82) is 0 Å². The van der Waals surface area contributed by atoms with Crippen LogP contribution in [0.3, 0.4) is 0 Å². The van der Waals surface area contributed by atoms with E-state index < -0.39 is 50.4 Å². The van der Waals surface area contributed by atoms with Crippen LogP contribution in [0.1, 0.15) is 10.4 Å². The molecule has 0 saturated heterocycles. The number of halogens is 2. The number of nitro groups is 2. The van der Waals surface area contributed by atoms with E-state index in [1.807, 2.05) is 0 Å². The van der Waals surface area contributed by atoms with E-state index in [1.54, 1.807) is 0 Å². The molecule has 0 bridgehead atoms. The fraction of sp³-hybridized carbons (Fsp3) is 0. The number of carbonyl (C=O) groups is 1. The van der Waals surface area contributed by atoms with Gasteiger partial charge in [-0.25, -0.2) is 18.7 Å². The van der Waals surface area contributed by atoms with E-state index in [1.165, 1.54) is 12.1 Å². The van der Waals surface area contributed by atoms with Gasteiger partial charge in [0, 0.05) is 23.8 Å². The molecular weight excluding hydrogens is 420 g/mol. The second-order valence-electron chi connectivity index (χ2n) is 5.81. The van der Waals surface area contributed by atoms with Crippen molar-refractivity contribution in [2.24, 2.45) is 0 Å². The first-order valence-electron chi connectivity index (χ1n) is 8.28. The van der Waals surface area contributed by atoms with Gasteiger partial charge in [-0.2, -0.15) is 0 Å². The molecule has 0 aliphatic heterocycles. The van der Waals surface area contributed by atoms with Crippen LogP contribution < -0.4 is 16.2 Å². The van der Waals surface area contributed by atoms with E-state index in [2.05, 4.69) is 26.1 Å². The number of non-ortho nitro benzene ring substituents is 1. The van der Waals surface area contributed by atoms with Crippen molar-refractivity contribution in [3.63, 3.8) is 0 Å². The maximum atomic E-state index is 13.9. The van der Waals surface area contributed by atoms with Gasteiger partial charge in [-0.15, -0.1) is 0 Å². The number of hydrogen-bond donors (Lipinski definition) is 3. The lowest BCUT2D eigenvalue weighted by atomic mass is 10.2. The number of nitrogens with zero attached hydrogens (tertiary/aromatic N) is 4. The van der Waals surface area contributed by atoms with Crippen LogP contribution in [0, 0.1) is 31.9 Å². The number of hydrogen-bond acceptors (Lipinski definition) is 9. The summed E-state index contributed by atoms with van der Waals surface area (Å²) in [4.78, 5) is 40.1. The number of benzene rings is 2. The Morgan fingerprint density at radius 3 is 2.26 bits per heavy atom. The minimum absolute atomic E-state index is 0.0231. The van der Waals surface area contributed by atoms with Crippen LogP contribution in [-0.2, 0) is 0 Å². The topological polar surface area (TPSA) is 165 Å². The Balaban J connectivity index is 1.82. The molecule has 31 heavy (non-hydrogen) atoms. The minimum atomic E-state index is -0.889. The first-order valence-corrected chi connectivity index (χ1v) is 8.28. The summed E-state index contributed by atoms with van der Waals surface area (Å²) in [5.74, 6) is -3.34. The van der Waals surface area contributed by atoms with Crippen molar-refractivity contribution < 1.29 is 23.4 Å². The van der Waals surface area contributed by atoms with Gasteiger partial charge in [0.1, 0.15) is 18.0 Å². The fourth-order valence-corrected chi connectivity index (χ4v) is 2.38. The third kappa shape index (κ3) is 4.81. The summed E-state index contributed by atoms with van der Waals surface area (Å²) in [5.41, 5.74) is 3.05. The van der Waals surface area contributed by atoms with Crippen molar-refractivity contribution >= 4 is 34.6 Å². The van der Waals surface area contributed by atoms with Crippen LogP contribution in [0.5, 0.6) is 0 Å². The van der Waals surface area contributed by atoms with Gasteiger partial charge in [-0.3, -0.25) is 35.9 Å². The van der Waals surface area contributed by atoms with E-state index in [4.69, 9.17) is 0 Å². The summed E-state index contributed by atoms with van der Waals surface area (Å²) in [6, 6.07) is 7.07. The van der Waals surface area contributed by atoms with Crippen molar-refractivity contribution in [2.75, 3.05) is 10.7 Å². The first-order chi connectivity index (χ1) is 14.8. The summed E-state index contributed by atoms with van der Waals surface area (Å²) in [7, 11) is 0. The van der Waals surface area contributed by atoms with Crippen LogP contribution in [0.25, 0.3) is 0 Å². The van der Waals surface area contributed by atoms with Crippen LogP contribution in [0.15, 0.2) is 48.8 Å². The van der Waals surface area contributed by atoms with Gasteiger partial charge < -0.3 is 5.32 Å². The van der Waals surface area contributed by atoms with E-state index in [0.29, 0.717) is 0 Å². The zero-order valence-electron chi connectivity index (χ0n) is 15.2. The largest absolute Gasteiger partial charge is 0.355 e. The highest BCUT2D eigenvalue weighted by Crippen LogP contribution is 2.31. The van der Waals surface area contributed by atoms with Crippen molar-refractivity contribution in [3.8, 4) is 0 Å². The molecule has 3 rings (SSSR count). The van der Waals surface area contributed by atoms with Gasteiger partial charge in [0.05, 0.1) is 15.5 Å². The molecule has 14 heteroatoms. The molecule has 0 radical (unpaired) electrons. The molecule has 0 atom stereocenters. The third-order valence-corrected chi connectivity index (χ3v) is 3.82. The molecule has 1 heterocycles. The fourth-order valence-electron chi connectivity index (χ4n) is 2.38. The van der Waals surface area contributed by atoms with Gasteiger partial charge in [0.15, 0.2) is 0 Å². The molecule has 1 aromatic heterocycles. The lowest BCUT2D eigenvalue weighted by molar-refractivity contribution is -0.384. The van der Waals surface area contributed by atoms with Crippen LogP contribution in [-0.4, -0.2) is 25.7 Å². The van der Waals surface area contributed by atoms with Crippen LogP contribution >= 0.6 is 0 Å². The van der Waals surface area contributed by atoms with E-state index >= 15 is 0 Å². The van der Waals surface area contributed by atoms with E-state index in [9.17, 15) is 33.8 Å². The number of hydrazine groups is 1. The summed E-state index contributed by atoms with van der Waals surface area (Å²) < 4.78 is 27.2. The molecule has 0 fully saturated rings. The molecule has 3 aromatic rings. The number of anilines is 3. The zero-order valence-corrected chi connectivity index (χ0v) is 15.2. The lowest BCUT2D eigenvalue weighted by Crippen LogP contribution is -2.30. The standard InChI is InChI=1S/C17H11F2N7O5/c18-10-3-6-12(19)13(7-10)22-15-14(26(30)31)16(21-8-20-15)23-24-17(27)9-1-4-11(5-2-9)25(28)29/h1-8H,(H,24,27)(H2,20,21,22,23). The van der Waals surface area contributed by atoms with Gasteiger partial charge in [0.25, 0.3) is 11.6 Å². The summed E-state index contributed by atoms with van der Waals surface area (Å²) >= 11 is 0. The van der Waals surface area contributed by atoms with E-state index in [0.717, 1.165) is 36.7 Å². The Morgan fingerprint density at radius 1 is 0.935 bits per heavy atom. The van der Waals surface area contributed by atoms with Gasteiger partial charge >= 0.3 is 5.69 Å². The number of rotatable bonds is 7. The van der Waals surface area contributed by atoms with Gasteiger partial charge in [0.2, 0.25) is 11.6 Å². The Bertz CT molecular complexity index is 1170. The van der Waals surface area contributed by atoms with Crippen LogP contribution in [0.4, 0.5) is 37.5 Å². The van der Waals surface area contributed by atoms with E-state index in [-0.39, 0.29) is 11.3 Å². The third-order valence-electron chi connectivity index (χ3n) is 3.82. The highest BCUT2D eigenvalue weighted by atomic mass is 19.1. The molecule has 0 unspecified atom stereocenters. The summed E-state index contributed by atoms with van der Waals surface area (Å²) in [6.07, 6.45) is 0.896. The predicted molar refractivity (Wildman–Crippen MR) is 103 cm³/mol. The Hall–Kier alpha value is -4.75. The minimum Gasteiger partial charge on any atom is -0.332 e. The second-order valence-corrected chi connectivity index (χ2v) is 5.81. The maximum absolute atomic E-state index is 13.9. The quantitative estimate of drug-likeness (QED) is 0.376. The van der Waals surface area contributed by atoms with Crippen molar-refractivity contribution in [1.82, 2.24) is 15.4 Å². The smallest absolute Gasteiger partial charge is 0.332 e. The summed E-state index contributed by atoms with van der Waals surface area (Å²) in [5, 5.41) is 24.5. The molecule has 3 N–H and O–H groups in total. The highest BCUT2D eigenvalue weighted by molar-refractivity contribution is 5.95. The molecule has 0 spiro atoms. The normalized spacial score (nSPS) is 10.3. The number of nitrogens with one attached hydrogen (secondary N) is 3. The molecule has 158 valence electrons. The van der Waals surface area contributed by atoms with Gasteiger partial charge in [-0.05, 0) is 24.3 Å². The maximum Gasteiger partial charge on any atom is 0.355 e. The van der Waals surface area contributed by atoms with Crippen molar-refractivity contribution in [3.05, 3.63) is 86.2 Å². The monoisotopic (exact) mass is 431 g/mol. The first kappa shape index (κ1) is 21.0. The Morgan fingerprint density at radius 2 is 1.61 bits per heavy atom. The second kappa shape index (κ2) is 8.73. The molecule has 1 amide bonds. The molecule has 0 aliphatic rings. The Kier molecular flexibility index (Phi) is 5.90. The number of carbonyl (C=O) groups excluding carboxylic acids is 1. The average Bonchev–Trinajstić information content (AvgIpc) is 2.74. The number of amides is 1. The molecule has 2 aromatic carbocycles. The number of nitro benzene ring substituents is 1. The predicted octanol–water partition coefficient (Wildman–Crippen LogP) is 3.07. The van der Waals surface area contributed by atoms with Gasteiger partial charge in [-0.1, -0.05) is 0 Å². The molecule has 12 nitrogen and oxygen atoms in total. The summed E-state index contributed by atoms with van der Waals surface area (Å²) in [6.45, 7) is 0. The molecule has 0 saturated carbocycles. The number of aromatic nitrogens is 2. The molecular formula is C17H11F2N7O5. The molecule has 0 aliphatic carbocycles. The van der Waals surface area contributed by atoms with Crippen molar-refractivity contribution in [2.45, 2.75) is 0 Å². The lowest BCUT2D eigenvalue weighted by Gasteiger charge is -2.11. The SMILES string of the molecule is O=C(NNc1ncnc(Nc2cc(F)ccc2F)c1[N+](=O)[O-])c1ccc([N+](=O)[O-])cc1. The highest BCUT2D eigenvalue weighted by Gasteiger charge is 2.24.